The van der Waals surface area contributed by atoms with Crippen molar-refractivity contribution < 1.29 is 37.3 Å². The second-order valence-corrected chi connectivity index (χ2v) is 20.6. The maximum absolute atomic E-state index is 13.7. The Labute approximate surface area is 402 Å². The SMILES string of the molecule is CC.CCC1=CCCC([C@]2(C)CCC3(OC(N=O)(C(C)CC(C)CC(CC)C(=O)C(C)CC(C)CCCCC(C)C(CC)C(=O)O)C=CC3=N)C(C)C2)O1.FC(F)(F)c1cccc(CS)c1. The first-order chi connectivity index (χ1) is 31.0. The van der Waals surface area contributed by atoms with Gasteiger partial charge in [-0.3, -0.25) is 9.59 Å². The number of halogens is 3. The zero-order chi connectivity index (χ0) is 50.0. The third kappa shape index (κ3) is 16.0. The molecule has 0 saturated heterocycles. The van der Waals surface area contributed by atoms with E-state index in [1.807, 2.05) is 27.7 Å². The summed E-state index contributed by atoms with van der Waals surface area (Å²) >= 11 is 3.89. The van der Waals surface area contributed by atoms with Gasteiger partial charge in [-0.15, -0.1) is 4.91 Å². The van der Waals surface area contributed by atoms with Crippen LogP contribution < -0.4 is 0 Å². The minimum absolute atomic E-state index is 0.0134. The highest BCUT2D eigenvalue weighted by Crippen LogP contribution is 2.54. The van der Waals surface area contributed by atoms with E-state index in [4.69, 9.17) is 14.9 Å². The number of allylic oxidation sites excluding steroid dienone is 2. The maximum atomic E-state index is 13.7. The molecular formula is C54H87F3N2O6S. The van der Waals surface area contributed by atoms with Crippen LogP contribution in [0.3, 0.4) is 0 Å². The van der Waals surface area contributed by atoms with Crippen molar-refractivity contribution in [3.8, 4) is 0 Å². The predicted molar refractivity (Wildman–Crippen MR) is 267 cm³/mol. The van der Waals surface area contributed by atoms with E-state index in [-0.39, 0.29) is 52.9 Å². The van der Waals surface area contributed by atoms with Crippen LogP contribution in [0.4, 0.5) is 13.2 Å². The van der Waals surface area contributed by atoms with Crippen molar-refractivity contribution in [2.75, 3.05) is 0 Å². The molecule has 8 nitrogen and oxygen atoms in total. The number of benzene rings is 1. The summed E-state index contributed by atoms with van der Waals surface area (Å²) in [5, 5.41) is 22.1. The Hall–Kier alpha value is -2.99. The van der Waals surface area contributed by atoms with Gasteiger partial charge in [0.2, 0.25) is 5.72 Å². The summed E-state index contributed by atoms with van der Waals surface area (Å²) in [6.07, 6.45) is 14.8. The van der Waals surface area contributed by atoms with Gasteiger partial charge < -0.3 is 20.0 Å². The number of carboxylic acid groups (broad SMARTS) is 1. The van der Waals surface area contributed by atoms with Crippen molar-refractivity contribution in [3.05, 3.63) is 64.3 Å². The molecule has 1 aromatic carbocycles. The standard InChI is InChI=1S/C44H74N2O6.C8H7F3S.C2H6/c1-11-35(40(47)32(7)25-29(4)17-14-15-18-31(6)37(13-3)41(48)49)27-30(5)26-33(8)44(46-50)22-21-38(45)43(52-44)24-23-42(10,28-34(43)9)39-20-16-19-36(12-2)51-39;9-8(10,11)7-3-1-2-6(4-7)5-12;1-2/h19,21-22,29-35,37,39,45H,11-18,20,23-28H2,1-10H3,(H,48,49);1-4,12H,5H2;1-2H3/t29?,30?,31?,32?,33?,34?,35?,37?,39?,42-,43?,44?;;/m1../s1. The molecule has 2 heterocycles. The van der Waals surface area contributed by atoms with Crippen LogP contribution in [0.15, 0.2) is 53.4 Å². The Morgan fingerprint density at radius 2 is 1.65 bits per heavy atom. The number of nitrogens with one attached hydrogen (secondary N) is 1. The van der Waals surface area contributed by atoms with E-state index in [1.54, 1.807) is 18.2 Å². The van der Waals surface area contributed by atoms with Crippen molar-refractivity contribution in [2.24, 2.45) is 57.9 Å². The summed E-state index contributed by atoms with van der Waals surface area (Å²) in [5.41, 5.74) is -1.85. The predicted octanol–water partition coefficient (Wildman–Crippen LogP) is 15.9. The highest BCUT2D eigenvalue weighted by atomic mass is 32.1. The number of nitrogens with zero attached hydrogens (tertiary/aromatic N) is 1. The van der Waals surface area contributed by atoms with Crippen LogP contribution in [0.25, 0.3) is 0 Å². The molecule has 0 aromatic heterocycles. The molecule has 3 aliphatic rings. The zero-order valence-electron chi connectivity index (χ0n) is 42.6. The average molecular weight is 949 g/mol. The van der Waals surface area contributed by atoms with E-state index < -0.39 is 29.0 Å². The summed E-state index contributed by atoms with van der Waals surface area (Å²) in [7, 11) is 0. The fraction of sp³-hybridized carbons (Fsp3) is 0.759. The van der Waals surface area contributed by atoms with Crippen LogP contribution in [0.5, 0.6) is 0 Å². The number of ether oxygens (including phenoxy) is 2. The molecule has 2 N–H and O–H groups in total. The summed E-state index contributed by atoms with van der Waals surface area (Å²) < 4.78 is 49.6. The number of Topliss-reactive ketones (excluding diaryl/α,β-unsaturated/α-hetero) is 1. The van der Waals surface area contributed by atoms with Gasteiger partial charge in [0.05, 0.1) is 23.0 Å². The van der Waals surface area contributed by atoms with Crippen molar-refractivity contribution in [3.63, 3.8) is 0 Å². The smallest absolute Gasteiger partial charge is 0.416 e. The number of carbonyl (C=O) groups is 2. The molecule has 2 aliphatic heterocycles. The van der Waals surface area contributed by atoms with E-state index in [2.05, 4.69) is 79.3 Å². The first-order valence-corrected chi connectivity index (χ1v) is 25.9. The summed E-state index contributed by atoms with van der Waals surface area (Å²) in [5.74, 6) is 1.36. The Bertz CT molecular complexity index is 1750. The number of aliphatic carboxylic acids is 1. The molecule has 1 saturated carbocycles. The highest BCUT2D eigenvalue weighted by Gasteiger charge is 2.57. The van der Waals surface area contributed by atoms with Crippen molar-refractivity contribution in [1.29, 1.82) is 5.41 Å². The number of thiol groups is 1. The molecule has 4 rings (SSSR count). The van der Waals surface area contributed by atoms with Gasteiger partial charge in [-0.25, -0.2) is 0 Å². The van der Waals surface area contributed by atoms with Crippen LogP contribution in [-0.4, -0.2) is 40.0 Å². The van der Waals surface area contributed by atoms with Gasteiger partial charge in [-0.2, -0.15) is 25.8 Å². The topological polar surface area (TPSA) is 126 Å². The van der Waals surface area contributed by atoms with Crippen molar-refractivity contribution in [2.45, 2.75) is 209 Å². The van der Waals surface area contributed by atoms with E-state index in [1.165, 1.54) is 6.07 Å². The quantitative estimate of drug-likeness (QED) is 0.0604. The molecule has 1 aliphatic carbocycles. The Morgan fingerprint density at radius 3 is 2.21 bits per heavy atom. The van der Waals surface area contributed by atoms with Crippen molar-refractivity contribution >= 4 is 30.1 Å². The number of nitroso groups, excluding NO2 is 1. The van der Waals surface area contributed by atoms with Gasteiger partial charge in [0.1, 0.15) is 17.5 Å². The minimum Gasteiger partial charge on any atom is -0.495 e. The summed E-state index contributed by atoms with van der Waals surface area (Å²) in [6, 6.07) is 5.15. The Morgan fingerprint density at radius 1 is 0.985 bits per heavy atom. The third-order valence-corrected chi connectivity index (χ3v) is 15.4. The van der Waals surface area contributed by atoms with Crippen LogP contribution in [-0.2, 0) is 31.0 Å². The first-order valence-electron chi connectivity index (χ1n) is 25.3. The highest BCUT2D eigenvalue weighted by molar-refractivity contribution is 7.79. The molecule has 0 amide bonds. The number of carbonyl (C=O) groups excluding carboxylic acids is 1. The number of ketones is 1. The number of unbranched alkanes of at least 4 members (excludes halogenated alkanes) is 1. The lowest BCUT2D eigenvalue weighted by Gasteiger charge is -2.55. The Balaban J connectivity index is 0.000000915. The largest absolute Gasteiger partial charge is 0.495 e. The molecule has 1 fully saturated rings. The lowest BCUT2D eigenvalue weighted by Crippen LogP contribution is -2.60. The van der Waals surface area contributed by atoms with Gasteiger partial charge in [-0.1, -0.05) is 121 Å². The normalized spacial score (nSPS) is 27.3. The molecule has 12 heteroatoms. The lowest BCUT2D eigenvalue weighted by atomic mass is 9.59. The molecule has 376 valence electrons. The number of rotatable bonds is 22. The van der Waals surface area contributed by atoms with Crippen LogP contribution in [0.1, 0.15) is 191 Å². The van der Waals surface area contributed by atoms with E-state index >= 15 is 0 Å². The number of alkyl halides is 3. The molecule has 11 unspecified atom stereocenters. The fourth-order valence-corrected chi connectivity index (χ4v) is 11.2. The van der Waals surface area contributed by atoms with E-state index in [9.17, 15) is 32.8 Å². The molecule has 0 radical (unpaired) electrons. The molecule has 12 atom stereocenters. The molecule has 66 heavy (non-hydrogen) atoms. The molecule has 0 bridgehead atoms. The summed E-state index contributed by atoms with van der Waals surface area (Å²) in [4.78, 5) is 38.0. The maximum Gasteiger partial charge on any atom is 0.416 e. The zero-order valence-corrected chi connectivity index (χ0v) is 43.5. The molecule has 1 spiro atoms. The fourth-order valence-electron chi connectivity index (χ4n) is 11.0. The first kappa shape index (κ1) is 59.1. The van der Waals surface area contributed by atoms with Crippen LogP contribution in [0, 0.1) is 63.1 Å². The lowest BCUT2D eigenvalue weighted by molar-refractivity contribution is -0.180. The van der Waals surface area contributed by atoms with Gasteiger partial charge in [0, 0.05) is 35.3 Å². The van der Waals surface area contributed by atoms with Gasteiger partial charge >= 0.3 is 12.1 Å². The molecule has 1 aromatic rings. The monoisotopic (exact) mass is 949 g/mol. The number of carboxylic acids is 1. The summed E-state index contributed by atoms with van der Waals surface area (Å²) in [6.45, 7) is 25.2. The molecular weight excluding hydrogens is 862 g/mol. The second kappa shape index (κ2) is 27.3. The Kier molecular flexibility index (Phi) is 24.4. The third-order valence-electron chi connectivity index (χ3n) is 15.1. The van der Waals surface area contributed by atoms with E-state index in [0.29, 0.717) is 48.0 Å². The van der Waals surface area contributed by atoms with Crippen LogP contribution >= 0.6 is 12.6 Å². The van der Waals surface area contributed by atoms with Gasteiger partial charge in [0.25, 0.3) is 0 Å². The minimum atomic E-state index is -4.25. The second-order valence-electron chi connectivity index (χ2n) is 20.2. The van der Waals surface area contributed by atoms with Crippen molar-refractivity contribution in [1.82, 2.24) is 0 Å². The van der Waals surface area contributed by atoms with Gasteiger partial charge in [-0.05, 0) is 129 Å². The number of hydrogen-bond acceptors (Lipinski definition) is 8. The number of hydrogen-bond donors (Lipinski definition) is 3. The van der Waals surface area contributed by atoms with Crippen LogP contribution in [0.2, 0.25) is 0 Å². The average Bonchev–Trinajstić information content (AvgIpc) is 3.29. The van der Waals surface area contributed by atoms with Gasteiger partial charge in [0.15, 0.2) is 0 Å². The van der Waals surface area contributed by atoms with E-state index in [0.717, 1.165) is 94.9 Å².